The van der Waals surface area contributed by atoms with Gasteiger partial charge in [-0.25, -0.2) is 0 Å². The Labute approximate surface area is 67.2 Å². The third-order valence-corrected chi connectivity index (χ3v) is 6.95. The molecule has 0 amide bonds. The Balaban J connectivity index is 2.78. The molecule has 0 spiro atoms. The van der Waals surface area contributed by atoms with Gasteiger partial charge in [-0.1, -0.05) is 0 Å². The molecule has 1 heteroatoms. The summed E-state index contributed by atoms with van der Waals surface area (Å²) in [6.07, 6.45) is 6.82. The molecule has 0 saturated carbocycles. The summed E-state index contributed by atoms with van der Waals surface area (Å²) >= 11 is -1.39. The molecule has 0 aliphatic heterocycles. The summed E-state index contributed by atoms with van der Waals surface area (Å²) in [7, 11) is 0. The Morgan fingerprint density at radius 1 is 1.30 bits per heavy atom. The van der Waals surface area contributed by atoms with Crippen molar-refractivity contribution in [3.63, 3.8) is 0 Å². The first-order chi connectivity index (χ1) is 4.52. The van der Waals surface area contributed by atoms with Crippen LogP contribution in [0.25, 0.3) is 0 Å². The number of rotatable bonds is 1. The molecular formula is C9H16Pt. The predicted molar refractivity (Wildman–Crippen MR) is 44.0 cm³/mol. The maximum absolute atomic E-state index is 2.45. The molecule has 0 aromatic rings. The fourth-order valence-electron chi connectivity index (χ4n) is 1.14. The normalized spacial score (nSPS) is 26.8. The topological polar surface area (TPSA) is 0 Å². The van der Waals surface area contributed by atoms with Gasteiger partial charge >= 0.3 is 67.0 Å². The molecule has 0 fully saturated rings. The molecule has 0 radical (unpaired) electrons. The third kappa shape index (κ3) is 1.61. The van der Waals surface area contributed by atoms with Crippen LogP contribution in [0.15, 0.2) is 22.2 Å². The second-order valence-electron chi connectivity index (χ2n) is 3.11. The second kappa shape index (κ2) is 2.66. The predicted octanol–water partition coefficient (Wildman–Crippen LogP) is 3.37. The van der Waals surface area contributed by atoms with Crippen LogP contribution >= 0.6 is 0 Å². The van der Waals surface area contributed by atoms with Crippen LogP contribution < -0.4 is 0 Å². The molecule has 62 valence electrons. The van der Waals surface area contributed by atoms with E-state index >= 15 is 0 Å². The molecule has 0 unspecified atom stereocenters. The van der Waals surface area contributed by atoms with E-state index in [0.717, 1.165) is 5.92 Å². The summed E-state index contributed by atoms with van der Waals surface area (Å²) in [5.41, 5.74) is 0. The van der Waals surface area contributed by atoms with Gasteiger partial charge in [0.2, 0.25) is 0 Å². The van der Waals surface area contributed by atoms with Crippen molar-refractivity contribution in [2.24, 2.45) is 5.92 Å². The van der Waals surface area contributed by atoms with Gasteiger partial charge in [0.1, 0.15) is 0 Å². The first kappa shape index (κ1) is 8.27. The van der Waals surface area contributed by atoms with E-state index in [9.17, 15) is 0 Å². The van der Waals surface area contributed by atoms with Crippen LogP contribution in [0.5, 0.6) is 0 Å². The summed E-state index contributed by atoms with van der Waals surface area (Å²) in [4.78, 5) is 0. The summed E-state index contributed by atoms with van der Waals surface area (Å²) in [5.74, 6) is 0.733. The first-order valence-electron chi connectivity index (χ1n) is 3.26. The minimum atomic E-state index is -1.39. The van der Waals surface area contributed by atoms with Crippen molar-refractivity contribution in [3.05, 3.63) is 22.2 Å². The fraction of sp³-hybridized carbons (Fsp3) is 0.556. The van der Waals surface area contributed by atoms with Crippen LogP contribution in [0, 0.1) is 5.92 Å². The van der Waals surface area contributed by atoms with E-state index in [1.54, 1.807) is 3.96 Å². The molecule has 0 nitrogen and oxygen atoms in total. The van der Waals surface area contributed by atoms with Gasteiger partial charge in [0, 0.05) is 0 Å². The summed E-state index contributed by atoms with van der Waals surface area (Å²) in [6.45, 7) is 2.30. The van der Waals surface area contributed by atoms with Crippen molar-refractivity contribution in [3.8, 4) is 0 Å². The average molecular weight is 319 g/mol. The van der Waals surface area contributed by atoms with Gasteiger partial charge in [0.25, 0.3) is 0 Å². The van der Waals surface area contributed by atoms with E-state index in [0.29, 0.717) is 0 Å². The molecule has 10 heavy (non-hydrogen) atoms. The van der Waals surface area contributed by atoms with E-state index in [2.05, 4.69) is 41.1 Å². The molecule has 0 bridgehead atoms. The molecule has 1 aliphatic rings. The standard InChI is InChI=1S/C6H7.3CH3.Pt/c1-6-4-2-3-5-6;;;;/h2-4,6H,1H3;3*1H3;/t6-;;;;/m1..../s1. The van der Waals surface area contributed by atoms with Gasteiger partial charge in [-0.05, 0) is 0 Å². The van der Waals surface area contributed by atoms with E-state index in [1.807, 2.05) is 0 Å². The summed E-state index contributed by atoms with van der Waals surface area (Å²) in [6, 6.07) is 0. The quantitative estimate of drug-likeness (QED) is 0.695. The zero-order valence-corrected chi connectivity index (χ0v) is 9.40. The van der Waals surface area contributed by atoms with Crippen molar-refractivity contribution in [1.82, 2.24) is 0 Å². The van der Waals surface area contributed by atoms with Gasteiger partial charge in [-0.15, -0.1) is 0 Å². The van der Waals surface area contributed by atoms with Crippen LogP contribution in [0.1, 0.15) is 6.92 Å². The molecule has 0 N–H and O–H groups in total. The Hall–Kier alpha value is 0.168. The second-order valence-corrected chi connectivity index (χ2v) is 14.6. The molecule has 1 aliphatic carbocycles. The van der Waals surface area contributed by atoms with Crippen LogP contribution in [0.3, 0.4) is 0 Å². The Morgan fingerprint density at radius 3 is 2.10 bits per heavy atom. The van der Waals surface area contributed by atoms with Crippen LogP contribution in [0.4, 0.5) is 0 Å². The maximum atomic E-state index is 2.45. The number of allylic oxidation sites excluding steroid dienone is 4. The molecule has 0 saturated heterocycles. The van der Waals surface area contributed by atoms with Crippen LogP contribution in [0.2, 0.25) is 15.9 Å². The first-order valence-corrected chi connectivity index (χ1v) is 11.2. The average Bonchev–Trinajstić information content (AvgIpc) is 2.11. The molecular weight excluding hydrogens is 303 g/mol. The molecule has 0 aromatic heterocycles. The minimum absolute atomic E-state index is 0.733. The van der Waals surface area contributed by atoms with Gasteiger partial charge in [-0.3, -0.25) is 0 Å². The van der Waals surface area contributed by atoms with Crippen molar-refractivity contribution in [1.29, 1.82) is 0 Å². The van der Waals surface area contributed by atoms with E-state index in [-0.39, 0.29) is 0 Å². The zero-order chi connectivity index (χ0) is 7.78. The van der Waals surface area contributed by atoms with Gasteiger partial charge in [0.05, 0.1) is 0 Å². The molecule has 0 aromatic carbocycles. The van der Waals surface area contributed by atoms with Crippen molar-refractivity contribution in [2.75, 3.05) is 0 Å². The summed E-state index contributed by atoms with van der Waals surface area (Å²) < 4.78 is 1.73. The van der Waals surface area contributed by atoms with Crippen molar-refractivity contribution < 1.29 is 16.1 Å². The van der Waals surface area contributed by atoms with E-state index in [1.165, 1.54) is 0 Å². The van der Waals surface area contributed by atoms with Crippen molar-refractivity contribution >= 4 is 0 Å². The molecule has 1 rings (SSSR count). The van der Waals surface area contributed by atoms with Crippen molar-refractivity contribution in [2.45, 2.75) is 22.9 Å². The summed E-state index contributed by atoms with van der Waals surface area (Å²) in [5, 5.41) is 7.34. The van der Waals surface area contributed by atoms with Gasteiger partial charge in [0.15, 0.2) is 0 Å². The van der Waals surface area contributed by atoms with E-state index < -0.39 is 16.1 Å². The Morgan fingerprint density at radius 2 is 1.90 bits per heavy atom. The number of hydrogen-bond donors (Lipinski definition) is 0. The fourth-order valence-corrected chi connectivity index (χ4v) is 5.81. The zero-order valence-electron chi connectivity index (χ0n) is 7.13. The monoisotopic (exact) mass is 319 g/mol. The van der Waals surface area contributed by atoms with Crippen LogP contribution in [-0.4, -0.2) is 0 Å². The SMILES string of the molecule is C[C@@H]1C=CC=[C]1[Pt]([CH3])([CH3])[CH3]. The Kier molecular flexibility index (Phi) is 2.20. The molecule has 1 atom stereocenters. The van der Waals surface area contributed by atoms with Gasteiger partial charge in [-0.2, -0.15) is 0 Å². The Bertz CT molecular complexity index is 181. The van der Waals surface area contributed by atoms with Gasteiger partial charge < -0.3 is 0 Å². The van der Waals surface area contributed by atoms with Crippen LogP contribution in [-0.2, 0) is 16.1 Å². The number of hydrogen-bond acceptors (Lipinski definition) is 0. The molecule has 0 heterocycles. The van der Waals surface area contributed by atoms with E-state index in [4.69, 9.17) is 0 Å². The third-order valence-electron chi connectivity index (χ3n) is 1.60.